The van der Waals surface area contributed by atoms with Crippen LogP contribution >= 0.6 is 12.2 Å². The van der Waals surface area contributed by atoms with Crippen LogP contribution in [-0.2, 0) is 14.8 Å². The summed E-state index contributed by atoms with van der Waals surface area (Å²) in [6.45, 7) is 9.59. The zero-order chi connectivity index (χ0) is 20.1. The lowest BCUT2D eigenvalue weighted by Crippen LogP contribution is -2.41. The topological polar surface area (TPSA) is 87.7 Å². The molecule has 0 radical (unpaired) electrons. The number of hydrogen-bond acceptors (Lipinski definition) is 5. The Morgan fingerprint density at radius 2 is 1.81 bits per heavy atom. The Morgan fingerprint density at radius 3 is 2.27 bits per heavy atom. The molecule has 0 bridgehead atoms. The van der Waals surface area contributed by atoms with Crippen LogP contribution in [0.25, 0.3) is 0 Å². The van der Waals surface area contributed by atoms with Crippen LogP contribution in [0.15, 0.2) is 23.1 Å². The van der Waals surface area contributed by atoms with Gasteiger partial charge in [-0.2, -0.15) is 4.31 Å². The van der Waals surface area contributed by atoms with Gasteiger partial charge in [0.05, 0.1) is 17.7 Å². The van der Waals surface area contributed by atoms with Gasteiger partial charge in [0.2, 0.25) is 15.9 Å². The first-order valence-corrected chi connectivity index (χ1v) is 10.1. The molecule has 26 heavy (non-hydrogen) atoms. The molecule has 0 aromatic heterocycles. The van der Waals surface area contributed by atoms with Gasteiger partial charge in [-0.05, 0) is 30.4 Å². The van der Waals surface area contributed by atoms with Gasteiger partial charge in [0.1, 0.15) is 5.75 Å². The number of hydrogen-bond donors (Lipinski definition) is 2. The number of benzene rings is 1. The van der Waals surface area contributed by atoms with E-state index in [0.717, 1.165) is 0 Å². The van der Waals surface area contributed by atoms with Gasteiger partial charge in [-0.1, -0.05) is 34.6 Å². The lowest BCUT2D eigenvalue weighted by atomic mass is 9.96. The molecule has 0 atom stereocenters. The average Bonchev–Trinajstić information content (AvgIpc) is 2.54. The molecule has 9 heteroatoms. The number of methoxy groups -OCH3 is 1. The van der Waals surface area contributed by atoms with Crippen molar-refractivity contribution in [1.82, 2.24) is 9.62 Å². The monoisotopic (exact) mass is 401 g/mol. The van der Waals surface area contributed by atoms with E-state index in [2.05, 4.69) is 10.6 Å². The van der Waals surface area contributed by atoms with Gasteiger partial charge in [0.25, 0.3) is 0 Å². The molecule has 0 aliphatic heterocycles. The highest BCUT2D eigenvalue weighted by molar-refractivity contribution is 7.89. The Kier molecular flexibility index (Phi) is 7.55. The van der Waals surface area contributed by atoms with Crippen molar-refractivity contribution in [2.24, 2.45) is 5.41 Å². The van der Waals surface area contributed by atoms with Crippen LogP contribution < -0.4 is 15.4 Å². The van der Waals surface area contributed by atoms with E-state index >= 15 is 0 Å². The molecule has 7 nitrogen and oxygen atoms in total. The van der Waals surface area contributed by atoms with Crippen molar-refractivity contribution in [3.63, 3.8) is 0 Å². The highest BCUT2D eigenvalue weighted by atomic mass is 32.2. The standard InChI is InChI=1S/C17H27N3O4S2/c1-7-20(8-2)26(22,23)12-9-10-14(24-6)13(11-12)18-16(25)19-15(21)17(3,4)5/h9-11H,7-8H2,1-6H3,(H2,18,19,21,25). The fourth-order valence-electron chi connectivity index (χ4n) is 2.10. The molecule has 2 N–H and O–H groups in total. The van der Waals surface area contributed by atoms with Crippen LogP contribution in [0.3, 0.4) is 0 Å². The third-order valence-electron chi connectivity index (χ3n) is 3.67. The molecule has 0 spiro atoms. The zero-order valence-electron chi connectivity index (χ0n) is 16.0. The van der Waals surface area contributed by atoms with E-state index in [4.69, 9.17) is 17.0 Å². The highest BCUT2D eigenvalue weighted by Gasteiger charge is 2.24. The van der Waals surface area contributed by atoms with Gasteiger partial charge >= 0.3 is 0 Å². The summed E-state index contributed by atoms with van der Waals surface area (Å²) >= 11 is 5.16. The van der Waals surface area contributed by atoms with Crippen molar-refractivity contribution in [2.75, 3.05) is 25.5 Å². The summed E-state index contributed by atoms with van der Waals surface area (Å²) in [5.41, 5.74) is -0.246. The molecule has 0 unspecified atom stereocenters. The van der Waals surface area contributed by atoms with Crippen molar-refractivity contribution < 1.29 is 17.9 Å². The summed E-state index contributed by atoms with van der Waals surface area (Å²) in [7, 11) is -2.16. The molecule has 0 aliphatic carbocycles. The van der Waals surface area contributed by atoms with Gasteiger partial charge in [0, 0.05) is 18.5 Å². The summed E-state index contributed by atoms with van der Waals surface area (Å²) in [6, 6.07) is 4.48. The predicted molar refractivity (Wildman–Crippen MR) is 107 cm³/mol. The minimum Gasteiger partial charge on any atom is -0.495 e. The van der Waals surface area contributed by atoms with Crippen LogP contribution in [-0.4, -0.2) is 43.9 Å². The SMILES string of the molecule is CCN(CC)S(=O)(=O)c1ccc(OC)c(NC(=S)NC(=O)C(C)(C)C)c1. The second kappa shape index (κ2) is 8.79. The maximum atomic E-state index is 12.7. The largest absolute Gasteiger partial charge is 0.495 e. The lowest BCUT2D eigenvalue weighted by Gasteiger charge is -2.21. The summed E-state index contributed by atoms with van der Waals surface area (Å²) in [5.74, 6) is 0.164. The molecule has 1 amide bonds. The van der Waals surface area contributed by atoms with E-state index in [9.17, 15) is 13.2 Å². The number of nitrogens with one attached hydrogen (secondary N) is 2. The number of nitrogens with zero attached hydrogens (tertiary/aromatic N) is 1. The van der Waals surface area contributed by atoms with Crippen LogP contribution in [0, 0.1) is 5.41 Å². The summed E-state index contributed by atoms with van der Waals surface area (Å²) < 4.78 is 32.0. The molecule has 0 aliphatic rings. The van der Waals surface area contributed by atoms with E-state index in [1.165, 1.54) is 23.5 Å². The summed E-state index contributed by atoms with van der Waals surface area (Å²) in [5, 5.41) is 5.50. The maximum Gasteiger partial charge on any atom is 0.243 e. The number of carbonyl (C=O) groups is 1. The normalized spacial score (nSPS) is 12.0. The molecule has 1 aromatic rings. The summed E-state index contributed by atoms with van der Waals surface area (Å²) in [4.78, 5) is 12.2. The molecule has 0 heterocycles. The Bertz CT molecular complexity index is 767. The van der Waals surface area contributed by atoms with E-state index in [1.807, 2.05) is 0 Å². The highest BCUT2D eigenvalue weighted by Crippen LogP contribution is 2.29. The number of carbonyl (C=O) groups excluding carboxylic acids is 1. The number of ether oxygens (including phenoxy) is 1. The molecule has 1 rings (SSSR count). The fourth-order valence-corrected chi connectivity index (χ4v) is 3.79. The zero-order valence-corrected chi connectivity index (χ0v) is 17.7. The van der Waals surface area contributed by atoms with E-state index in [-0.39, 0.29) is 15.9 Å². The smallest absolute Gasteiger partial charge is 0.243 e. The van der Waals surface area contributed by atoms with Crippen molar-refractivity contribution in [3.8, 4) is 5.75 Å². The molecule has 0 saturated heterocycles. The number of rotatable bonds is 6. The Labute approximate surface area is 161 Å². The van der Waals surface area contributed by atoms with Crippen LogP contribution in [0.4, 0.5) is 5.69 Å². The van der Waals surface area contributed by atoms with Crippen molar-refractivity contribution in [1.29, 1.82) is 0 Å². The number of anilines is 1. The predicted octanol–water partition coefficient (Wildman–Crippen LogP) is 2.58. The Morgan fingerprint density at radius 1 is 1.23 bits per heavy atom. The second-order valence-corrected chi connectivity index (χ2v) is 8.96. The molecular formula is C17H27N3O4S2. The molecule has 146 valence electrons. The second-order valence-electron chi connectivity index (χ2n) is 6.61. The molecule has 0 saturated carbocycles. The number of sulfonamides is 1. The van der Waals surface area contributed by atoms with E-state index in [1.54, 1.807) is 40.7 Å². The van der Waals surface area contributed by atoms with E-state index in [0.29, 0.717) is 24.5 Å². The maximum absolute atomic E-state index is 12.7. The third-order valence-corrected chi connectivity index (χ3v) is 5.92. The van der Waals surface area contributed by atoms with Crippen LogP contribution in [0.5, 0.6) is 5.75 Å². The first kappa shape index (κ1) is 22.3. The van der Waals surface area contributed by atoms with Gasteiger partial charge in [-0.15, -0.1) is 0 Å². The van der Waals surface area contributed by atoms with Crippen LogP contribution in [0.1, 0.15) is 34.6 Å². The van der Waals surface area contributed by atoms with Crippen molar-refractivity contribution in [2.45, 2.75) is 39.5 Å². The van der Waals surface area contributed by atoms with Crippen molar-refractivity contribution >= 4 is 38.9 Å². The average molecular weight is 402 g/mol. The number of thiocarbonyl (C=S) groups is 1. The molecular weight excluding hydrogens is 374 g/mol. The quantitative estimate of drug-likeness (QED) is 0.713. The molecule has 1 aromatic carbocycles. The lowest BCUT2D eigenvalue weighted by molar-refractivity contribution is -0.126. The minimum absolute atomic E-state index is 0.0700. The van der Waals surface area contributed by atoms with E-state index < -0.39 is 15.4 Å². The summed E-state index contributed by atoms with van der Waals surface area (Å²) in [6.07, 6.45) is 0. The fraction of sp³-hybridized carbons (Fsp3) is 0.529. The number of amides is 1. The van der Waals surface area contributed by atoms with Gasteiger partial charge < -0.3 is 15.4 Å². The molecule has 0 fully saturated rings. The van der Waals surface area contributed by atoms with Gasteiger partial charge in [0.15, 0.2) is 5.11 Å². The van der Waals surface area contributed by atoms with Crippen LogP contribution in [0.2, 0.25) is 0 Å². The minimum atomic E-state index is -3.62. The third kappa shape index (κ3) is 5.39. The van der Waals surface area contributed by atoms with Gasteiger partial charge in [-0.25, -0.2) is 8.42 Å². The van der Waals surface area contributed by atoms with Gasteiger partial charge in [-0.3, -0.25) is 4.79 Å². The Hall–Kier alpha value is -1.71. The Balaban J connectivity index is 3.15. The first-order valence-electron chi connectivity index (χ1n) is 8.28. The first-order chi connectivity index (χ1) is 12.0. The van der Waals surface area contributed by atoms with Crippen molar-refractivity contribution in [3.05, 3.63) is 18.2 Å².